The van der Waals surface area contributed by atoms with Crippen LogP contribution in [0.1, 0.15) is 5.56 Å². The van der Waals surface area contributed by atoms with Gasteiger partial charge < -0.3 is 10.1 Å². The molecule has 108 valence electrons. The summed E-state index contributed by atoms with van der Waals surface area (Å²) < 4.78 is 7.10. The monoisotopic (exact) mass is 409 g/mol. The molecule has 5 heteroatoms. The minimum Gasteiger partial charge on any atom is -0.496 e. The SMILES string of the molecule is COc1ccc(Br)cc1/C=C/C(=O)Nc1cccc(Br)c1. The van der Waals surface area contributed by atoms with E-state index in [2.05, 4.69) is 37.2 Å². The number of methoxy groups -OCH3 is 1. The van der Waals surface area contributed by atoms with Crippen LogP contribution in [0.15, 0.2) is 57.5 Å². The van der Waals surface area contributed by atoms with Crippen molar-refractivity contribution in [2.75, 3.05) is 12.4 Å². The third-order valence-electron chi connectivity index (χ3n) is 2.70. The summed E-state index contributed by atoms with van der Waals surface area (Å²) in [5.41, 5.74) is 1.57. The fourth-order valence-corrected chi connectivity index (χ4v) is 2.53. The van der Waals surface area contributed by atoms with Gasteiger partial charge in [-0.05, 0) is 42.5 Å². The van der Waals surface area contributed by atoms with Crippen molar-refractivity contribution in [3.8, 4) is 5.75 Å². The second-order valence-electron chi connectivity index (χ2n) is 4.22. The van der Waals surface area contributed by atoms with Crippen LogP contribution < -0.4 is 10.1 Å². The fraction of sp³-hybridized carbons (Fsp3) is 0.0625. The summed E-state index contributed by atoms with van der Waals surface area (Å²) in [5.74, 6) is 0.514. The highest BCUT2D eigenvalue weighted by atomic mass is 79.9. The van der Waals surface area contributed by atoms with Gasteiger partial charge >= 0.3 is 0 Å². The van der Waals surface area contributed by atoms with Gasteiger partial charge in [0, 0.05) is 26.3 Å². The Balaban J connectivity index is 2.10. The van der Waals surface area contributed by atoms with Crippen molar-refractivity contribution in [2.24, 2.45) is 0 Å². The summed E-state index contributed by atoms with van der Waals surface area (Å²) in [7, 11) is 1.60. The van der Waals surface area contributed by atoms with Crippen LogP contribution in [-0.2, 0) is 4.79 Å². The molecule has 2 aromatic rings. The Labute approximate surface area is 140 Å². The van der Waals surface area contributed by atoms with Crippen molar-refractivity contribution in [2.45, 2.75) is 0 Å². The molecule has 0 heterocycles. The van der Waals surface area contributed by atoms with Gasteiger partial charge in [0.25, 0.3) is 0 Å². The van der Waals surface area contributed by atoms with Gasteiger partial charge in [-0.25, -0.2) is 0 Å². The van der Waals surface area contributed by atoms with E-state index < -0.39 is 0 Å². The predicted molar refractivity (Wildman–Crippen MR) is 92.5 cm³/mol. The highest BCUT2D eigenvalue weighted by Gasteiger charge is 2.02. The van der Waals surface area contributed by atoms with E-state index in [0.29, 0.717) is 5.75 Å². The van der Waals surface area contributed by atoms with Crippen LogP contribution in [0.25, 0.3) is 6.08 Å². The van der Waals surface area contributed by atoms with Crippen LogP contribution in [0.4, 0.5) is 5.69 Å². The number of hydrogen-bond donors (Lipinski definition) is 1. The Hall–Kier alpha value is -1.59. The van der Waals surface area contributed by atoms with Gasteiger partial charge in [0.15, 0.2) is 0 Å². The molecular formula is C16H13Br2NO2. The van der Waals surface area contributed by atoms with E-state index in [1.54, 1.807) is 13.2 Å². The molecule has 1 amide bonds. The summed E-state index contributed by atoms with van der Waals surface area (Å²) in [4.78, 5) is 11.9. The highest BCUT2D eigenvalue weighted by Crippen LogP contribution is 2.24. The first-order valence-corrected chi connectivity index (χ1v) is 7.75. The number of ether oxygens (including phenoxy) is 1. The van der Waals surface area contributed by atoms with E-state index >= 15 is 0 Å². The van der Waals surface area contributed by atoms with Gasteiger partial charge in [-0.1, -0.05) is 37.9 Å². The van der Waals surface area contributed by atoms with Crippen LogP contribution in [0.5, 0.6) is 5.75 Å². The molecule has 21 heavy (non-hydrogen) atoms. The molecule has 0 fully saturated rings. The van der Waals surface area contributed by atoms with Crippen molar-refractivity contribution in [3.05, 3.63) is 63.0 Å². The molecule has 0 spiro atoms. The zero-order valence-corrected chi connectivity index (χ0v) is 14.4. The number of hydrogen-bond acceptors (Lipinski definition) is 2. The first kappa shape index (κ1) is 15.8. The zero-order valence-electron chi connectivity index (χ0n) is 11.3. The number of carbonyl (C=O) groups excluding carboxylic acids is 1. The van der Waals surface area contributed by atoms with Gasteiger partial charge in [0.2, 0.25) is 5.91 Å². The maximum absolute atomic E-state index is 11.9. The number of carbonyl (C=O) groups is 1. The summed E-state index contributed by atoms with van der Waals surface area (Å²) in [6, 6.07) is 13.1. The standard InChI is InChI=1S/C16H13Br2NO2/c1-21-15-7-6-13(18)9-11(15)5-8-16(20)19-14-4-2-3-12(17)10-14/h2-10H,1H3,(H,19,20)/b8-5+. The lowest BCUT2D eigenvalue weighted by Crippen LogP contribution is -2.07. The topological polar surface area (TPSA) is 38.3 Å². The van der Waals surface area contributed by atoms with Crippen molar-refractivity contribution < 1.29 is 9.53 Å². The number of amides is 1. The lowest BCUT2D eigenvalue weighted by atomic mass is 10.2. The summed E-state index contributed by atoms with van der Waals surface area (Å²) in [5, 5.41) is 2.80. The number of nitrogens with one attached hydrogen (secondary N) is 1. The first-order valence-electron chi connectivity index (χ1n) is 6.16. The maximum Gasteiger partial charge on any atom is 0.248 e. The van der Waals surface area contributed by atoms with Crippen LogP contribution in [0.3, 0.4) is 0 Å². The second kappa shape index (κ2) is 7.43. The summed E-state index contributed by atoms with van der Waals surface area (Å²) in [6.45, 7) is 0. The maximum atomic E-state index is 11.9. The molecule has 2 aromatic carbocycles. The molecule has 0 saturated heterocycles. The lowest BCUT2D eigenvalue weighted by molar-refractivity contribution is -0.111. The second-order valence-corrected chi connectivity index (χ2v) is 6.05. The van der Waals surface area contributed by atoms with E-state index in [0.717, 1.165) is 20.2 Å². The summed E-state index contributed by atoms with van der Waals surface area (Å²) in [6.07, 6.45) is 3.20. The van der Waals surface area contributed by atoms with E-state index in [9.17, 15) is 4.79 Å². The van der Waals surface area contributed by atoms with Crippen molar-refractivity contribution in [1.82, 2.24) is 0 Å². The van der Waals surface area contributed by atoms with Crippen LogP contribution >= 0.6 is 31.9 Å². The molecule has 0 aliphatic carbocycles. The molecule has 1 N–H and O–H groups in total. The number of anilines is 1. The van der Waals surface area contributed by atoms with E-state index in [1.807, 2.05) is 42.5 Å². The van der Waals surface area contributed by atoms with E-state index in [1.165, 1.54) is 6.08 Å². The van der Waals surface area contributed by atoms with Crippen LogP contribution in [-0.4, -0.2) is 13.0 Å². The molecule has 0 aromatic heterocycles. The van der Waals surface area contributed by atoms with Gasteiger partial charge in [-0.3, -0.25) is 4.79 Å². The number of halogens is 2. The normalized spacial score (nSPS) is 10.6. The number of rotatable bonds is 4. The molecule has 0 atom stereocenters. The number of benzene rings is 2. The Morgan fingerprint density at radius 3 is 2.62 bits per heavy atom. The molecule has 3 nitrogen and oxygen atoms in total. The van der Waals surface area contributed by atoms with E-state index in [-0.39, 0.29) is 5.91 Å². The van der Waals surface area contributed by atoms with E-state index in [4.69, 9.17) is 4.74 Å². The molecule has 0 aliphatic heterocycles. The lowest BCUT2D eigenvalue weighted by Gasteiger charge is -2.05. The molecule has 0 aliphatic rings. The molecule has 0 saturated carbocycles. The van der Waals surface area contributed by atoms with Crippen molar-refractivity contribution in [3.63, 3.8) is 0 Å². The van der Waals surface area contributed by atoms with Gasteiger partial charge in [0.05, 0.1) is 7.11 Å². The van der Waals surface area contributed by atoms with Gasteiger partial charge in [-0.15, -0.1) is 0 Å². The summed E-state index contributed by atoms with van der Waals surface area (Å²) >= 11 is 6.76. The van der Waals surface area contributed by atoms with Crippen molar-refractivity contribution >= 4 is 49.5 Å². The molecule has 0 radical (unpaired) electrons. The quantitative estimate of drug-likeness (QED) is 0.730. The Morgan fingerprint density at radius 1 is 1.14 bits per heavy atom. The molecule has 2 rings (SSSR count). The Kier molecular flexibility index (Phi) is 5.59. The molecule has 0 bridgehead atoms. The third-order valence-corrected chi connectivity index (χ3v) is 3.68. The molecule has 0 unspecified atom stereocenters. The van der Waals surface area contributed by atoms with Gasteiger partial charge in [-0.2, -0.15) is 0 Å². The molecular weight excluding hydrogens is 398 g/mol. The van der Waals surface area contributed by atoms with Gasteiger partial charge in [0.1, 0.15) is 5.75 Å². The fourth-order valence-electron chi connectivity index (χ4n) is 1.75. The smallest absolute Gasteiger partial charge is 0.248 e. The third kappa shape index (κ3) is 4.72. The minimum absolute atomic E-state index is 0.199. The minimum atomic E-state index is -0.199. The van der Waals surface area contributed by atoms with Crippen LogP contribution in [0.2, 0.25) is 0 Å². The Bertz CT molecular complexity index is 684. The van der Waals surface area contributed by atoms with Crippen LogP contribution in [0, 0.1) is 0 Å². The average Bonchev–Trinajstić information content (AvgIpc) is 2.45. The zero-order chi connectivity index (χ0) is 15.2. The Morgan fingerprint density at radius 2 is 1.90 bits per heavy atom. The largest absolute Gasteiger partial charge is 0.496 e. The van der Waals surface area contributed by atoms with Crippen molar-refractivity contribution in [1.29, 1.82) is 0 Å². The average molecular weight is 411 g/mol. The first-order chi connectivity index (χ1) is 10.1. The predicted octanol–water partition coefficient (Wildman–Crippen LogP) is 4.87. The highest BCUT2D eigenvalue weighted by molar-refractivity contribution is 9.10.